The maximum atomic E-state index is 12.2. The normalized spacial score (nSPS) is 16.1. The van der Waals surface area contributed by atoms with Crippen molar-refractivity contribution in [3.63, 3.8) is 0 Å². The van der Waals surface area contributed by atoms with Gasteiger partial charge in [0.1, 0.15) is 0 Å². The van der Waals surface area contributed by atoms with Crippen LogP contribution >= 0.6 is 0 Å². The molecule has 2 rings (SSSR count). The highest BCUT2D eigenvalue weighted by atomic mass is 16.2. The number of hydrogen-bond donors (Lipinski definition) is 1. The van der Waals surface area contributed by atoms with E-state index in [9.17, 15) is 9.59 Å². The second-order valence-electron chi connectivity index (χ2n) is 5.52. The minimum atomic E-state index is -0.283. The van der Waals surface area contributed by atoms with E-state index >= 15 is 0 Å². The molecule has 0 bridgehead atoms. The molecule has 1 atom stereocenters. The molecule has 1 unspecified atom stereocenters. The molecule has 1 aliphatic rings. The lowest BCUT2D eigenvalue weighted by atomic mass is 10.0. The number of benzene rings is 1. The average molecular weight is 289 g/mol. The molecule has 2 N–H and O–H groups in total. The summed E-state index contributed by atoms with van der Waals surface area (Å²) in [6.07, 6.45) is 1.85. The largest absolute Gasteiger partial charge is 0.344 e. The topological polar surface area (TPSA) is 66.6 Å². The van der Waals surface area contributed by atoms with Crippen molar-refractivity contribution in [2.45, 2.75) is 25.3 Å². The lowest BCUT2D eigenvalue weighted by Crippen LogP contribution is -2.37. The van der Waals surface area contributed by atoms with Crippen LogP contribution in [0.25, 0.3) is 0 Å². The van der Waals surface area contributed by atoms with E-state index in [0.29, 0.717) is 19.5 Å². The Morgan fingerprint density at radius 3 is 2.71 bits per heavy atom. The fourth-order valence-corrected chi connectivity index (χ4v) is 2.50. The van der Waals surface area contributed by atoms with Crippen molar-refractivity contribution in [2.24, 2.45) is 5.73 Å². The van der Waals surface area contributed by atoms with E-state index in [2.05, 4.69) is 0 Å². The third kappa shape index (κ3) is 4.29. The van der Waals surface area contributed by atoms with E-state index in [0.717, 1.165) is 18.5 Å². The van der Waals surface area contributed by atoms with Crippen molar-refractivity contribution in [3.8, 4) is 0 Å². The second-order valence-corrected chi connectivity index (χ2v) is 5.52. The zero-order chi connectivity index (χ0) is 15.2. The quantitative estimate of drug-likeness (QED) is 0.854. The monoisotopic (exact) mass is 289 g/mol. The molecule has 0 aromatic heterocycles. The summed E-state index contributed by atoms with van der Waals surface area (Å²) in [7, 11) is 1.76. The van der Waals surface area contributed by atoms with E-state index in [1.165, 1.54) is 0 Å². The van der Waals surface area contributed by atoms with Crippen molar-refractivity contribution < 1.29 is 9.59 Å². The Labute approximate surface area is 125 Å². The smallest absolute Gasteiger partial charge is 0.224 e. The predicted molar refractivity (Wildman–Crippen MR) is 81.4 cm³/mol. The van der Waals surface area contributed by atoms with Crippen LogP contribution in [-0.4, -0.2) is 48.3 Å². The first-order valence-electron chi connectivity index (χ1n) is 7.40. The molecule has 1 heterocycles. The highest BCUT2D eigenvalue weighted by Gasteiger charge is 2.21. The SMILES string of the molecule is CN(CCN1CCCC1=O)C(=O)CC(N)c1ccccc1. The first-order chi connectivity index (χ1) is 10.1. The standard InChI is InChI=1S/C16H23N3O2/c1-18(10-11-19-9-5-8-15(19)20)16(21)12-14(17)13-6-3-2-4-7-13/h2-4,6-7,14H,5,8-12,17H2,1H3. The molecular weight excluding hydrogens is 266 g/mol. The predicted octanol–water partition coefficient (Wildman–Crippen LogP) is 1.16. The van der Waals surface area contributed by atoms with Gasteiger partial charge in [0.25, 0.3) is 0 Å². The lowest BCUT2D eigenvalue weighted by molar-refractivity contribution is -0.132. The number of nitrogens with zero attached hydrogens (tertiary/aromatic N) is 2. The van der Waals surface area contributed by atoms with Crippen molar-refractivity contribution in [3.05, 3.63) is 35.9 Å². The molecule has 0 aliphatic carbocycles. The summed E-state index contributed by atoms with van der Waals surface area (Å²) in [4.78, 5) is 27.2. The third-order valence-electron chi connectivity index (χ3n) is 3.92. The van der Waals surface area contributed by atoms with Crippen LogP contribution in [0.2, 0.25) is 0 Å². The number of likely N-dealkylation sites (tertiary alicyclic amines) is 1. The number of likely N-dealkylation sites (N-methyl/N-ethyl adjacent to an activating group) is 1. The Balaban J connectivity index is 1.78. The first-order valence-corrected chi connectivity index (χ1v) is 7.40. The summed E-state index contributed by atoms with van der Waals surface area (Å²) in [5.41, 5.74) is 7.03. The highest BCUT2D eigenvalue weighted by molar-refractivity contribution is 5.78. The van der Waals surface area contributed by atoms with Crippen LogP contribution in [0.1, 0.15) is 30.9 Å². The zero-order valence-corrected chi connectivity index (χ0v) is 12.5. The lowest BCUT2D eigenvalue weighted by Gasteiger charge is -2.23. The van der Waals surface area contributed by atoms with Crippen molar-refractivity contribution in [1.82, 2.24) is 9.80 Å². The third-order valence-corrected chi connectivity index (χ3v) is 3.92. The Hall–Kier alpha value is -1.88. The van der Waals surface area contributed by atoms with Gasteiger partial charge in [0.05, 0.1) is 0 Å². The molecule has 1 aromatic rings. The fourth-order valence-electron chi connectivity index (χ4n) is 2.50. The summed E-state index contributed by atoms with van der Waals surface area (Å²) in [5.74, 6) is 0.204. The number of rotatable bonds is 6. The van der Waals surface area contributed by atoms with Gasteiger partial charge in [0.15, 0.2) is 0 Å². The van der Waals surface area contributed by atoms with Crippen LogP contribution < -0.4 is 5.73 Å². The number of carbonyl (C=O) groups is 2. The van der Waals surface area contributed by atoms with Gasteiger partial charge in [-0.25, -0.2) is 0 Å². The molecule has 5 nitrogen and oxygen atoms in total. The van der Waals surface area contributed by atoms with Gasteiger partial charge in [-0.15, -0.1) is 0 Å². The maximum absolute atomic E-state index is 12.2. The van der Waals surface area contributed by atoms with Crippen LogP contribution in [0.5, 0.6) is 0 Å². The van der Waals surface area contributed by atoms with Gasteiger partial charge in [-0.3, -0.25) is 9.59 Å². The summed E-state index contributed by atoms with van der Waals surface area (Å²) in [6.45, 7) is 1.98. The van der Waals surface area contributed by atoms with Crippen LogP contribution in [0.15, 0.2) is 30.3 Å². The van der Waals surface area contributed by atoms with Gasteiger partial charge < -0.3 is 15.5 Å². The number of carbonyl (C=O) groups excluding carboxylic acids is 2. The molecule has 0 spiro atoms. The number of hydrogen-bond acceptors (Lipinski definition) is 3. The summed E-state index contributed by atoms with van der Waals surface area (Å²) in [6, 6.07) is 9.35. The van der Waals surface area contributed by atoms with Crippen molar-refractivity contribution in [2.75, 3.05) is 26.7 Å². The number of amides is 2. The molecule has 1 fully saturated rings. The van der Waals surface area contributed by atoms with Crippen molar-refractivity contribution in [1.29, 1.82) is 0 Å². The summed E-state index contributed by atoms with van der Waals surface area (Å²) >= 11 is 0. The van der Waals surface area contributed by atoms with E-state index in [4.69, 9.17) is 5.73 Å². The average Bonchev–Trinajstić information content (AvgIpc) is 2.90. The highest BCUT2D eigenvalue weighted by Crippen LogP contribution is 2.14. The molecule has 21 heavy (non-hydrogen) atoms. The van der Waals surface area contributed by atoms with E-state index < -0.39 is 0 Å². The summed E-state index contributed by atoms with van der Waals surface area (Å²) in [5, 5.41) is 0. The van der Waals surface area contributed by atoms with Gasteiger partial charge in [-0.1, -0.05) is 30.3 Å². The van der Waals surface area contributed by atoms with Gasteiger partial charge in [-0.05, 0) is 12.0 Å². The van der Waals surface area contributed by atoms with E-state index in [1.807, 2.05) is 35.2 Å². The molecule has 1 aromatic carbocycles. The van der Waals surface area contributed by atoms with Gasteiger partial charge >= 0.3 is 0 Å². The zero-order valence-electron chi connectivity index (χ0n) is 12.5. The molecule has 114 valence electrons. The van der Waals surface area contributed by atoms with Gasteiger partial charge in [-0.2, -0.15) is 0 Å². The van der Waals surface area contributed by atoms with Crippen LogP contribution in [-0.2, 0) is 9.59 Å². The van der Waals surface area contributed by atoms with E-state index in [-0.39, 0.29) is 24.3 Å². The minimum Gasteiger partial charge on any atom is -0.344 e. The molecular formula is C16H23N3O2. The fraction of sp³-hybridized carbons (Fsp3) is 0.500. The maximum Gasteiger partial charge on any atom is 0.224 e. The van der Waals surface area contributed by atoms with Gasteiger partial charge in [0.2, 0.25) is 11.8 Å². The molecule has 1 saturated heterocycles. The Kier molecular flexibility index (Phi) is 5.33. The molecule has 0 radical (unpaired) electrons. The molecule has 1 aliphatic heterocycles. The minimum absolute atomic E-state index is 0.0120. The molecule has 0 saturated carbocycles. The molecule has 5 heteroatoms. The van der Waals surface area contributed by atoms with Crippen LogP contribution in [0.4, 0.5) is 0 Å². The Morgan fingerprint density at radius 2 is 2.10 bits per heavy atom. The van der Waals surface area contributed by atoms with Crippen LogP contribution in [0.3, 0.4) is 0 Å². The van der Waals surface area contributed by atoms with Gasteiger partial charge in [0, 0.05) is 45.6 Å². The van der Waals surface area contributed by atoms with E-state index in [1.54, 1.807) is 11.9 Å². The summed E-state index contributed by atoms with van der Waals surface area (Å²) < 4.78 is 0. The Morgan fingerprint density at radius 1 is 1.38 bits per heavy atom. The molecule has 2 amide bonds. The van der Waals surface area contributed by atoms with Crippen molar-refractivity contribution >= 4 is 11.8 Å². The second kappa shape index (κ2) is 7.22. The number of nitrogens with two attached hydrogens (primary N) is 1. The first kappa shape index (κ1) is 15.5. The Bertz CT molecular complexity index is 490. The van der Waals surface area contributed by atoms with Crippen LogP contribution in [0, 0.1) is 0 Å².